The van der Waals surface area contributed by atoms with E-state index in [-0.39, 0.29) is 34.3 Å². The molecular weight excluding hydrogens is 188 g/mol. The summed E-state index contributed by atoms with van der Waals surface area (Å²) in [6.45, 7) is 0. The second-order valence-corrected chi connectivity index (χ2v) is 0.557. The molecule has 0 fully saturated rings. The molecule has 0 bridgehead atoms. The van der Waals surface area contributed by atoms with Crippen LogP contribution in [0.15, 0.2) is 0 Å². The Kier molecular flexibility index (Phi) is 125. The Morgan fingerprint density at radius 3 is 1.12 bits per heavy atom. The summed E-state index contributed by atoms with van der Waals surface area (Å²) < 4.78 is 33.7. The maximum atomic E-state index is 8.47. The molecule has 4 nitrogen and oxygen atoms in total. The summed E-state index contributed by atoms with van der Waals surface area (Å²) >= 11 is -1.81. The standard InChI is InChI=1S/FH.Na.HO2P.2O.V/c;;1-3-2;;;/h1H;;3H;;;. The monoisotopic (exact) mass is 190 g/mol. The van der Waals surface area contributed by atoms with E-state index in [1.165, 1.54) is 0 Å². The summed E-state index contributed by atoms with van der Waals surface area (Å²) in [7, 11) is -1.42. The van der Waals surface area contributed by atoms with Gasteiger partial charge in [-0.3, -0.25) is 4.70 Å². The van der Waals surface area contributed by atoms with E-state index in [4.69, 9.17) is 16.5 Å². The molecule has 0 spiro atoms. The molecule has 0 heterocycles. The van der Waals surface area contributed by atoms with E-state index in [9.17, 15) is 0 Å². The Balaban J connectivity index is -0.0000000160. The van der Waals surface area contributed by atoms with E-state index in [2.05, 4.69) is 0 Å². The van der Waals surface area contributed by atoms with Gasteiger partial charge in [0.15, 0.2) is 0 Å². The fourth-order valence-electron chi connectivity index (χ4n) is 0. The SMILES string of the molecule is F.O=[PH]=O.[Na].[O]=[V]=[O]. The predicted molar refractivity (Wildman–Crippen MR) is 19.3 cm³/mol. The molecule has 8 heavy (non-hydrogen) atoms. The van der Waals surface area contributed by atoms with Crippen molar-refractivity contribution < 1.29 is 37.4 Å². The Morgan fingerprint density at radius 1 is 1.12 bits per heavy atom. The van der Waals surface area contributed by atoms with Crippen LogP contribution in [0.2, 0.25) is 0 Å². The molecule has 0 saturated carbocycles. The number of rotatable bonds is 0. The molecule has 0 aromatic heterocycles. The zero-order valence-corrected chi connectivity index (χ0v) is 8.39. The van der Waals surface area contributed by atoms with Crippen LogP contribution in [0.5, 0.6) is 0 Å². The normalized spacial score (nSPS) is 2.50. The summed E-state index contributed by atoms with van der Waals surface area (Å²) in [6.07, 6.45) is 0. The van der Waals surface area contributed by atoms with E-state index in [1.807, 2.05) is 0 Å². The Bertz CT molecular complexity index is 70.0. The van der Waals surface area contributed by atoms with Crippen LogP contribution >= 0.6 is 8.34 Å². The number of hydrogen-bond donors (Lipinski definition) is 0. The van der Waals surface area contributed by atoms with E-state index < -0.39 is 24.5 Å². The summed E-state index contributed by atoms with van der Waals surface area (Å²) in [4.78, 5) is 0. The molecular formula is H2FNaO4PV. The molecule has 1 radical (unpaired) electrons. The quantitative estimate of drug-likeness (QED) is 0.394. The number of hydrogen-bond acceptors (Lipinski definition) is 4. The van der Waals surface area contributed by atoms with Crippen molar-refractivity contribution in [3.05, 3.63) is 0 Å². The van der Waals surface area contributed by atoms with Gasteiger partial charge < -0.3 is 0 Å². The molecule has 0 saturated heterocycles. The third-order valence-electron chi connectivity index (χ3n) is 0. The van der Waals surface area contributed by atoms with Gasteiger partial charge in [0.1, 0.15) is 0 Å². The van der Waals surface area contributed by atoms with Gasteiger partial charge in [0.05, 0.1) is 0 Å². The third kappa shape index (κ3) is 247. The zero-order valence-electron chi connectivity index (χ0n) is 3.99. The molecule has 0 unspecified atom stereocenters. The second-order valence-electron chi connectivity index (χ2n) is 0.158. The van der Waals surface area contributed by atoms with Crippen LogP contribution in [0.3, 0.4) is 0 Å². The van der Waals surface area contributed by atoms with Gasteiger partial charge in [0.2, 0.25) is 0 Å². The molecule has 0 atom stereocenters. The first-order valence-corrected chi connectivity index (χ1v) is 2.73. The molecule has 0 aromatic carbocycles. The summed E-state index contributed by atoms with van der Waals surface area (Å²) in [5.41, 5.74) is 0. The minimum atomic E-state index is -1.81. The van der Waals surface area contributed by atoms with E-state index >= 15 is 0 Å². The molecule has 0 amide bonds. The van der Waals surface area contributed by atoms with Crippen molar-refractivity contribution in [1.29, 1.82) is 0 Å². The molecule has 0 N–H and O–H groups in total. The van der Waals surface area contributed by atoms with Gasteiger partial charge in [-0.1, -0.05) is 0 Å². The zero-order chi connectivity index (χ0) is 5.41. The van der Waals surface area contributed by atoms with Gasteiger partial charge in [0, 0.05) is 29.6 Å². The van der Waals surface area contributed by atoms with Crippen molar-refractivity contribution >= 4 is 37.9 Å². The van der Waals surface area contributed by atoms with Crippen molar-refractivity contribution in [2.24, 2.45) is 0 Å². The van der Waals surface area contributed by atoms with Crippen molar-refractivity contribution in [3.63, 3.8) is 0 Å². The Morgan fingerprint density at radius 2 is 1.12 bits per heavy atom. The van der Waals surface area contributed by atoms with Crippen LogP contribution in [0, 0.1) is 0 Å². The summed E-state index contributed by atoms with van der Waals surface area (Å²) in [5, 5.41) is 0. The molecule has 0 aliphatic heterocycles. The third-order valence-corrected chi connectivity index (χ3v) is 0. The molecule has 0 rings (SSSR count). The van der Waals surface area contributed by atoms with Gasteiger partial charge in [-0.25, -0.2) is 9.13 Å². The van der Waals surface area contributed by atoms with Crippen molar-refractivity contribution in [3.8, 4) is 0 Å². The predicted octanol–water partition coefficient (Wildman–Crippen LogP) is -0.113. The van der Waals surface area contributed by atoms with Crippen LogP contribution in [0.4, 0.5) is 4.70 Å². The summed E-state index contributed by atoms with van der Waals surface area (Å²) in [5.74, 6) is 0. The van der Waals surface area contributed by atoms with Crippen LogP contribution < -0.4 is 0 Å². The second kappa shape index (κ2) is 43.4. The fraction of sp³-hybridized carbons (Fsp3) is 0. The molecule has 0 aromatic rings. The van der Waals surface area contributed by atoms with E-state index in [1.54, 1.807) is 0 Å². The van der Waals surface area contributed by atoms with Gasteiger partial charge in [0.25, 0.3) is 0 Å². The molecule has 8 heteroatoms. The van der Waals surface area contributed by atoms with Crippen LogP contribution in [-0.4, -0.2) is 29.6 Å². The van der Waals surface area contributed by atoms with Gasteiger partial charge in [-0.2, -0.15) is 0 Å². The first kappa shape index (κ1) is 23.0. The molecule has 0 aliphatic carbocycles. The van der Waals surface area contributed by atoms with E-state index in [0.717, 1.165) is 0 Å². The van der Waals surface area contributed by atoms with Crippen LogP contribution in [0.1, 0.15) is 0 Å². The maximum absolute atomic E-state index is 8.47. The van der Waals surface area contributed by atoms with Gasteiger partial charge in [-0.05, 0) is 0 Å². The van der Waals surface area contributed by atoms with E-state index in [0.29, 0.717) is 0 Å². The van der Waals surface area contributed by atoms with Crippen molar-refractivity contribution in [1.82, 2.24) is 0 Å². The average Bonchev–Trinajstić information content (AvgIpc) is 1.39. The minimum absolute atomic E-state index is 0. The summed E-state index contributed by atoms with van der Waals surface area (Å²) in [6, 6.07) is 0. The molecule has 44 valence electrons. The Hall–Kier alpha value is 1.01. The average molecular weight is 190 g/mol. The number of halogens is 1. The van der Waals surface area contributed by atoms with Gasteiger partial charge in [-0.15, -0.1) is 0 Å². The topological polar surface area (TPSA) is 68.3 Å². The van der Waals surface area contributed by atoms with Crippen molar-refractivity contribution in [2.75, 3.05) is 0 Å². The first-order valence-electron chi connectivity index (χ1n) is 0.773. The van der Waals surface area contributed by atoms with Crippen LogP contribution in [0.25, 0.3) is 0 Å². The molecule has 0 aliphatic rings. The first-order chi connectivity index (χ1) is 2.83. The van der Waals surface area contributed by atoms with Crippen LogP contribution in [-0.2, 0) is 32.7 Å². The van der Waals surface area contributed by atoms with Crippen molar-refractivity contribution in [2.45, 2.75) is 0 Å². The Labute approximate surface area is 74.8 Å². The fourth-order valence-corrected chi connectivity index (χ4v) is 0. The van der Waals surface area contributed by atoms with Gasteiger partial charge >= 0.3 is 31.9 Å².